The molecule has 1 atom stereocenters. The van der Waals surface area contributed by atoms with Gasteiger partial charge in [0.15, 0.2) is 11.2 Å². The Morgan fingerprint density at radius 2 is 1.91 bits per heavy atom. The molecule has 0 spiro atoms. The van der Waals surface area contributed by atoms with Crippen molar-refractivity contribution < 1.29 is 19.4 Å². The number of hydrogen-bond donors (Lipinski definition) is 2. The highest BCUT2D eigenvalue weighted by molar-refractivity contribution is 7.98. The lowest BCUT2D eigenvalue weighted by atomic mass is 10.1. The topological polar surface area (TPSA) is 101 Å². The second-order valence-electron chi connectivity index (χ2n) is 4.77. The summed E-state index contributed by atoms with van der Waals surface area (Å²) in [6.07, 6.45) is 2.55. The van der Waals surface area contributed by atoms with Crippen LogP contribution in [0.5, 0.6) is 0 Å². The van der Waals surface area contributed by atoms with Gasteiger partial charge in [0.25, 0.3) is 0 Å². The molecule has 0 aliphatic carbocycles. The predicted molar refractivity (Wildman–Crippen MR) is 83.1 cm³/mol. The number of aryl methyl sites for hydroxylation is 2. The minimum Gasteiger partial charge on any atom is -0.480 e. The van der Waals surface area contributed by atoms with Gasteiger partial charge in [-0.05, 0) is 32.1 Å². The third-order valence-electron chi connectivity index (χ3n) is 3.15. The summed E-state index contributed by atoms with van der Waals surface area (Å²) in [6, 6.07) is -1.03. The number of rotatable bonds is 8. The maximum atomic E-state index is 11.9. The molecular weight excluding hydrogens is 306 g/mol. The van der Waals surface area contributed by atoms with Crippen LogP contribution in [-0.2, 0) is 20.7 Å². The molecule has 0 radical (unpaired) electrons. The van der Waals surface area contributed by atoms with Crippen LogP contribution >= 0.6 is 11.8 Å². The molecule has 0 aromatic carbocycles. The molecule has 0 fully saturated rings. The highest BCUT2D eigenvalue weighted by Crippen LogP contribution is 2.17. The van der Waals surface area contributed by atoms with E-state index in [1.54, 1.807) is 0 Å². The molecule has 22 heavy (non-hydrogen) atoms. The van der Waals surface area contributed by atoms with Gasteiger partial charge in [-0.1, -0.05) is 11.8 Å². The fraction of sp³-hybridized carbons (Fsp3) is 0.571. The van der Waals surface area contributed by atoms with Crippen molar-refractivity contribution in [3.05, 3.63) is 17.0 Å². The molecule has 1 amide bonds. The fourth-order valence-electron chi connectivity index (χ4n) is 2.01. The number of ether oxygens (including phenoxy) is 1. The summed E-state index contributed by atoms with van der Waals surface area (Å²) in [5, 5.41) is 12.1. The van der Waals surface area contributed by atoms with Gasteiger partial charge in [-0.15, -0.1) is 0 Å². The molecule has 1 unspecified atom stereocenters. The van der Waals surface area contributed by atoms with Crippen LogP contribution in [0, 0.1) is 13.8 Å². The van der Waals surface area contributed by atoms with Crippen molar-refractivity contribution in [2.24, 2.45) is 0 Å². The fourth-order valence-corrected chi connectivity index (χ4v) is 2.46. The van der Waals surface area contributed by atoms with Crippen LogP contribution in [0.3, 0.4) is 0 Å². The summed E-state index contributed by atoms with van der Waals surface area (Å²) in [6.45, 7) is 3.70. The number of nitrogens with zero attached hydrogens (tertiary/aromatic N) is 2. The van der Waals surface area contributed by atoms with Crippen LogP contribution in [0.1, 0.15) is 23.4 Å². The molecule has 1 aromatic heterocycles. The first-order chi connectivity index (χ1) is 10.4. The van der Waals surface area contributed by atoms with Crippen LogP contribution in [0.25, 0.3) is 0 Å². The standard InChI is InChI=1S/C14H21N3O4S/c1-8-10(9(2)16-14(15-8)22-4)5-6-12(18)17-11(7-21-3)13(19)20/h11H,5-7H2,1-4H3,(H,17,18)(H,19,20). The van der Waals surface area contributed by atoms with Crippen molar-refractivity contribution >= 4 is 23.6 Å². The van der Waals surface area contributed by atoms with Crippen LogP contribution < -0.4 is 5.32 Å². The van der Waals surface area contributed by atoms with E-state index in [9.17, 15) is 9.59 Å². The Morgan fingerprint density at radius 1 is 1.32 bits per heavy atom. The van der Waals surface area contributed by atoms with Gasteiger partial charge in [0.1, 0.15) is 0 Å². The number of aliphatic carboxylic acids is 1. The Kier molecular flexibility index (Phi) is 7.26. The van der Waals surface area contributed by atoms with Gasteiger partial charge in [0, 0.05) is 24.9 Å². The Morgan fingerprint density at radius 3 is 2.36 bits per heavy atom. The second-order valence-corrected chi connectivity index (χ2v) is 5.55. The molecule has 1 heterocycles. The van der Waals surface area contributed by atoms with Gasteiger partial charge in [-0.25, -0.2) is 14.8 Å². The normalized spacial score (nSPS) is 12.0. The van der Waals surface area contributed by atoms with Crippen LogP contribution in [0.15, 0.2) is 5.16 Å². The van der Waals surface area contributed by atoms with Gasteiger partial charge in [0.05, 0.1) is 6.61 Å². The van der Waals surface area contributed by atoms with Crippen LogP contribution in [0.4, 0.5) is 0 Å². The van der Waals surface area contributed by atoms with E-state index < -0.39 is 12.0 Å². The molecule has 0 aliphatic heterocycles. The van der Waals surface area contributed by atoms with Crippen molar-refractivity contribution in [3.63, 3.8) is 0 Å². The summed E-state index contributed by atoms with van der Waals surface area (Å²) in [5.41, 5.74) is 2.61. The summed E-state index contributed by atoms with van der Waals surface area (Å²) in [5.74, 6) is -1.45. The van der Waals surface area contributed by atoms with Gasteiger partial charge >= 0.3 is 5.97 Å². The van der Waals surface area contributed by atoms with E-state index in [1.807, 2.05) is 20.1 Å². The zero-order valence-corrected chi connectivity index (χ0v) is 14.0. The number of amides is 1. The third-order valence-corrected chi connectivity index (χ3v) is 3.70. The molecule has 122 valence electrons. The zero-order valence-electron chi connectivity index (χ0n) is 13.2. The largest absolute Gasteiger partial charge is 0.480 e. The molecule has 1 aromatic rings. The number of nitrogens with one attached hydrogen (secondary N) is 1. The smallest absolute Gasteiger partial charge is 0.328 e. The van der Waals surface area contributed by atoms with Gasteiger partial charge in [0.2, 0.25) is 5.91 Å². The molecule has 0 aliphatic rings. The van der Waals surface area contributed by atoms with Gasteiger partial charge < -0.3 is 15.2 Å². The number of methoxy groups -OCH3 is 1. The van der Waals surface area contributed by atoms with Crippen molar-refractivity contribution in [2.45, 2.75) is 37.9 Å². The molecule has 0 saturated carbocycles. The number of carboxylic acid groups (broad SMARTS) is 1. The first-order valence-electron chi connectivity index (χ1n) is 6.78. The minimum absolute atomic E-state index is 0.0648. The average Bonchev–Trinajstić information content (AvgIpc) is 2.45. The lowest BCUT2D eigenvalue weighted by molar-refractivity contribution is -0.143. The van der Waals surface area contributed by atoms with Crippen LogP contribution in [0.2, 0.25) is 0 Å². The predicted octanol–water partition coefficient (Wildman–Crippen LogP) is 0.964. The summed E-state index contributed by atoms with van der Waals surface area (Å²) in [4.78, 5) is 31.5. The Balaban J connectivity index is 2.66. The first kappa shape index (κ1) is 18.4. The van der Waals surface area contributed by atoms with Gasteiger partial charge in [-0.3, -0.25) is 4.79 Å². The zero-order chi connectivity index (χ0) is 16.7. The maximum absolute atomic E-state index is 11.9. The maximum Gasteiger partial charge on any atom is 0.328 e. The minimum atomic E-state index is -1.12. The lowest BCUT2D eigenvalue weighted by Crippen LogP contribution is -2.43. The van der Waals surface area contributed by atoms with E-state index in [1.165, 1.54) is 18.9 Å². The van der Waals surface area contributed by atoms with Crippen molar-refractivity contribution in [3.8, 4) is 0 Å². The number of carbonyl (C=O) groups is 2. The molecule has 1 rings (SSSR count). The highest BCUT2D eigenvalue weighted by Gasteiger charge is 2.20. The average molecular weight is 327 g/mol. The number of carboxylic acids is 1. The SMILES string of the molecule is COCC(NC(=O)CCc1c(C)nc(SC)nc1C)C(=O)O. The van der Waals surface area contributed by atoms with Crippen molar-refractivity contribution in [2.75, 3.05) is 20.0 Å². The second kappa shape index (κ2) is 8.70. The van der Waals surface area contributed by atoms with Crippen molar-refractivity contribution in [1.82, 2.24) is 15.3 Å². The van der Waals surface area contributed by atoms with Crippen LogP contribution in [-0.4, -0.2) is 53.0 Å². The number of thioether (sulfide) groups is 1. The van der Waals surface area contributed by atoms with E-state index in [4.69, 9.17) is 9.84 Å². The molecule has 0 saturated heterocycles. The molecule has 8 heteroatoms. The number of carbonyl (C=O) groups excluding carboxylic acids is 1. The molecule has 0 bridgehead atoms. The van der Waals surface area contributed by atoms with E-state index in [0.717, 1.165) is 17.0 Å². The summed E-state index contributed by atoms with van der Waals surface area (Å²) in [7, 11) is 1.39. The van der Waals surface area contributed by atoms with E-state index in [2.05, 4.69) is 15.3 Å². The number of aromatic nitrogens is 2. The van der Waals surface area contributed by atoms with Gasteiger partial charge in [-0.2, -0.15) is 0 Å². The monoisotopic (exact) mass is 327 g/mol. The third kappa shape index (κ3) is 5.27. The highest BCUT2D eigenvalue weighted by atomic mass is 32.2. The Bertz CT molecular complexity index is 528. The van der Waals surface area contributed by atoms with E-state index in [-0.39, 0.29) is 18.9 Å². The van der Waals surface area contributed by atoms with Crippen molar-refractivity contribution in [1.29, 1.82) is 0 Å². The molecular formula is C14H21N3O4S. The summed E-state index contributed by atoms with van der Waals surface area (Å²) < 4.78 is 4.77. The first-order valence-corrected chi connectivity index (χ1v) is 8.00. The Labute approximate surface area is 133 Å². The van der Waals surface area contributed by atoms with E-state index in [0.29, 0.717) is 11.6 Å². The molecule has 7 nitrogen and oxygen atoms in total. The lowest BCUT2D eigenvalue weighted by Gasteiger charge is -2.14. The summed E-state index contributed by atoms with van der Waals surface area (Å²) >= 11 is 1.47. The molecule has 2 N–H and O–H groups in total. The Hall–Kier alpha value is -1.67. The number of hydrogen-bond acceptors (Lipinski definition) is 6. The quantitative estimate of drug-likeness (QED) is 0.542. The van der Waals surface area contributed by atoms with E-state index >= 15 is 0 Å².